The van der Waals surface area contributed by atoms with Crippen LogP contribution in [0.2, 0.25) is 0 Å². The van der Waals surface area contributed by atoms with Gasteiger partial charge < -0.3 is 5.11 Å². The third kappa shape index (κ3) is 6.22. The van der Waals surface area contributed by atoms with Gasteiger partial charge in [0.1, 0.15) is 5.78 Å². The maximum absolute atomic E-state index is 12.0. The normalized spacial score (nSPS) is 23.5. The van der Waals surface area contributed by atoms with Gasteiger partial charge in [-0.25, -0.2) is 0 Å². The first-order chi connectivity index (χ1) is 9.00. The molecule has 0 aromatic carbocycles. The van der Waals surface area contributed by atoms with Gasteiger partial charge >= 0.3 is 5.97 Å². The second kappa shape index (κ2) is 8.34. The lowest BCUT2D eigenvalue weighted by molar-refractivity contribution is -0.144. The molecule has 0 aromatic rings. The summed E-state index contributed by atoms with van der Waals surface area (Å²) in [5.41, 5.74) is 0. The molecule has 0 unspecified atom stereocenters. The lowest BCUT2D eigenvalue weighted by atomic mass is 9.79. The monoisotopic (exact) mass is 268 g/mol. The molecule has 1 aliphatic carbocycles. The van der Waals surface area contributed by atoms with Gasteiger partial charge in [-0.3, -0.25) is 9.59 Å². The molecular weight excluding hydrogens is 240 g/mol. The predicted molar refractivity (Wildman–Crippen MR) is 76.0 cm³/mol. The summed E-state index contributed by atoms with van der Waals surface area (Å²) in [7, 11) is 0. The van der Waals surface area contributed by atoms with Gasteiger partial charge in [0.15, 0.2) is 0 Å². The van der Waals surface area contributed by atoms with E-state index in [1.165, 1.54) is 12.8 Å². The summed E-state index contributed by atoms with van der Waals surface area (Å²) >= 11 is 0. The third-order valence-electron chi connectivity index (χ3n) is 4.24. The summed E-state index contributed by atoms with van der Waals surface area (Å²) in [5.74, 6) is 0.353. The van der Waals surface area contributed by atoms with Crippen LogP contribution in [0.1, 0.15) is 71.6 Å². The number of hydrogen-bond acceptors (Lipinski definition) is 2. The number of hydrogen-bond donors (Lipinski definition) is 1. The lowest BCUT2D eigenvalue weighted by Crippen LogP contribution is -2.25. The number of unbranched alkanes of at least 4 members (excludes halogenated alkanes) is 2. The van der Waals surface area contributed by atoms with Crippen molar-refractivity contribution < 1.29 is 14.7 Å². The molecule has 1 saturated carbocycles. The smallest absolute Gasteiger partial charge is 0.306 e. The number of ketones is 1. The molecule has 0 spiro atoms. The van der Waals surface area contributed by atoms with Crippen LogP contribution < -0.4 is 0 Å². The Hall–Kier alpha value is -0.860. The maximum Gasteiger partial charge on any atom is 0.306 e. The van der Waals surface area contributed by atoms with Crippen molar-refractivity contribution in [1.29, 1.82) is 0 Å². The van der Waals surface area contributed by atoms with Crippen LogP contribution in [0.25, 0.3) is 0 Å². The standard InChI is InChI=1S/C16H28O3/c1-12(2)6-4-3-5-7-15(17)13-8-10-14(11-9-13)16(18)19/h12-14H,3-11H2,1-2H3,(H,18,19). The highest BCUT2D eigenvalue weighted by Crippen LogP contribution is 2.30. The van der Waals surface area contributed by atoms with Gasteiger partial charge in [-0.2, -0.15) is 0 Å². The van der Waals surface area contributed by atoms with E-state index in [9.17, 15) is 9.59 Å². The van der Waals surface area contributed by atoms with E-state index >= 15 is 0 Å². The van der Waals surface area contributed by atoms with E-state index in [0.29, 0.717) is 25.0 Å². The number of rotatable bonds is 8. The van der Waals surface area contributed by atoms with Crippen LogP contribution in [0.5, 0.6) is 0 Å². The molecule has 1 N–H and O–H groups in total. The van der Waals surface area contributed by atoms with Gasteiger partial charge in [-0.05, 0) is 38.0 Å². The number of aliphatic carboxylic acids is 1. The largest absolute Gasteiger partial charge is 0.481 e. The van der Waals surface area contributed by atoms with Crippen molar-refractivity contribution in [2.24, 2.45) is 17.8 Å². The summed E-state index contributed by atoms with van der Waals surface area (Å²) < 4.78 is 0. The Morgan fingerprint density at radius 2 is 1.58 bits per heavy atom. The number of Topliss-reactive ketones (excluding diaryl/α,β-unsaturated/α-hetero) is 1. The second-order valence-electron chi connectivity index (χ2n) is 6.35. The molecule has 0 amide bonds. The van der Waals surface area contributed by atoms with Gasteiger partial charge in [0.2, 0.25) is 0 Å². The Kier molecular flexibility index (Phi) is 7.11. The van der Waals surface area contributed by atoms with Crippen LogP contribution in [-0.2, 0) is 9.59 Å². The highest BCUT2D eigenvalue weighted by Gasteiger charge is 2.29. The third-order valence-corrected chi connectivity index (χ3v) is 4.24. The molecule has 0 bridgehead atoms. The molecule has 0 saturated heterocycles. The van der Waals surface area contributed by atoms with Crippen molar-refractivity contribution >= 4 is 11.8 Å². The predicted octanol–water partition coefficient (Wildman–Crippen LogP) is 4.05. The maximum atomic E-state index is 12.0. The zero-order valence-corrected chi connectivity index (χ0v) is 12.4. The van der Waals surface area contributed by atoms with E-state index < -0.39 is 5.97 Å². The molecule has 3 heteroatoms. The molecule has 0 radical (unpaired) electrons. The van der Waals surface area contributed by atoms with Gasteiger partial charge in [0.25, 0.3) is 0 Å². The van der Waals surface area contributed by atoms with Crippen LogP contribution in [-0.4, -0.2) is 16.9 Å². The zero-order valence-electron chi connectivity index (χ0n) is 12.4. The van der Waals surface area contributed by atoms with E-state index in [-0.39, 0.29) is 11.8 Å². The van der Waals surface area contributed by atoms with Gasteiger partial charge in [-0.1, -0.05) is 33.1 Å². The molecular formula is C16H28O3. The highest BCUT2D eigenvalue weighted by atomic mass is 16.4. The highest BCUT2D eigenvalue weighted by molar-refractivity contribution is 5.81. The first-order valence-corrected chi connectivity index (χ1v) is 7.76. The fourth-order valence-corrected chi connectivity index (χ4v) is 2.90. The van der Waals surface area contributed by atoms with Crippen molar-refractivity contribution in [3.63, 3.8) is 0 Å². The number of carbonyl (C=O) groups is 2. The minimum Gasteiger partial charge on any atom is -0.481 e. The summed E-state index contributed by atoms with van der Waals surface area (Å²) in [5, 5.41) is 8.92. The molecule has 0 heterocycles. The van der Waals surface area contributed by atoms with Crippen LogP contribution in [0.4, 0.5) is 0 Å². The van der Waals surface area contributed by atoms with Crippen molar-refractivity contribution in [3.8, 4) is 0 Å². The summed E-state index contributed by atoms with van der Waals surface area (Å²) in [6.45, 7) is 4.46. The van der Waals surface area contributed by atoms with E-state index in [0.717, 1.165) is 31.6 Å². The Balaban J connectivity index is 2.12. The van der Waals surface area contributed by atoms with Crippen molar-refractivity contribution in [3.05, 3.63) is 0 Å². The lowest BCUT2D eigenvalue weighted by Gasteiger charge is -2.25. The van der Waals surface area contributed by atoms with Gasteiger partial charge in [0, 0.05) is 12.3 Å². The molecule has 1 fully saturated rings. The molecule has 110 valence electrons. The average molecular weight is 268 g/mol. The first kappa shape index (κ1) is 16.2. The van der Waals surface area contributed by atoms with Crippen LogP contribution >= 0.6 is 0 Å². The fraction of sp³-hybridized carbons (Fsp3) is 0.875. The fourth-order valence-electron chi connectivity index (χ4n) is 2.90. The van der Waals surface area contributed by atoms with Gasteiger partial charge in [0.05, 0.1) is 5.92 Å². The zero-order chi connectivity index (χ0) is 14.3. The first-order valence-electron chi connectivity index (χ1n) is 7.76. The Bertz CT molecular complexity index is 288. The van der Waals surface area contributed by atoms with E-state index in [2.05, 4.69) is 13.8 Å². The topological polar surface area (TPSA) is 54.4 Å². The molecule has 3 nitrogen and oxygen atoms in total. The molecule has 1 aliphatic rings. The summed E-state index contributed by atoms with van der Waals surface area (Å²) in [4.78, 5) is 22.9. The quantitative estimate of drug-likeness (QED) is 0.676. The minimum absolute atomic E-state index is 0.140. The van der Waals surface area contributed by atoms with Crippen LogP contribution in [0, 0.1) is 17.8 Å². The SMILES string of the molecule is CC(C)CCCCCC(=O)C1CCC(C(=O)O)CC1. The Morgan fingerprint density at radius 1 is 1.00 bits per heavy atom. The molecule has 0 aliphatic heterocycles. The molecule has 19 heavy (non-hydrogen) atoms. The second-order valence-corrected chi connectivity index (χ2v) is 6.35. The van der Waals surface area contributed by atoms with Crippen molar-refractivity contribution in [1.82, 2.24) is 0 Å². The van der Waals surface area contributed by atoms with Crippen LogP contribution in [0.15, 0.2) is 0 Å². The van der Waals surface area contributed by atoms with E-state index in [1.807, 2.05) is 0 Å². The Labute approximate surface area is 116 Å². The average Bonchev–Trinajstić information content (AvgIpc) is 2.37. The van der Waals surface area contributed by atoms with Gasteiger partial charge in [-0.15, -0.1) is 0 Å². The van der Waals surface area contributed by atoms with Crippen molar-refractivity contribution in [2.75, 3.05) is 0 Å². The Morgan fingerprint density at radius 3 is 2.11 bits per heavy atom. The molecule has 0 atom stereocenters. The number of carboxylic acid groups (broad SMARTS) is 1. The van der Waals surface area contributed by atoms with Crippen molar-refractivity contribution in [2.45, 2.75) is 71.6 Å². The van der Waals surface area contributed by atoms with E-state index in [4.69, 9.17) is 5.11 Å². The number of carbonyl (C=O) groups excluding carboxylic acids is 1. The number of carboxylic acids is 1. The summed E-state index contributed by atoms with van der Waals surface area (Å²) in [6.07, 6.45) is 8.23. The summed E-state index contributed by atoms with van der Waals surface area (Å²) in [6, 6.07) is 0. The van der Waals surface area contributed by atoms with E-state index in [1.54, 1.807) is 0 Å². The molecule has 0 aromatic heterocycles. The molecule has 1 rings (SSSR count). The van der Waals surface area contributed by atoms with Crippen LogP contribution in [0.3, 0.4) is 0 Å². The minimum atomic E-state index is -0.695.